The Kier molecular flexibility index (Phi) is 6.18. The molecule has 2 aromatic carbocycles. The zero-order chi connectivity index (χ0) is 24.5. The second-order valence-electron chi connectivity index (χ2n) is 8.09. The number of carbonyl (C=O) groups excluding carboxylic acids is 4. The van der Waals surface area contributed by atoms with Crippen molar-refractivity contribution in [2.75, 3.05) is 23.3 Å². The van der Waals surface area contributed by atoms with Crippen LogP contribution in [0, 0.1) is 0 Å². The highest BCUT2D eigenvalue weighted by molar-refractivity contribution is 6.10. The first-order chi connectivity index (χ1) is 16.2. The molecule has 2 heterocycles. The average Bonchev–Trinajstić information content (AvgIpc) is 3.31. The molecule has 5 amide bonds. The summed E-state index contributed by atoms with van der Waals surface area (Å²) >= 11 is 0. The summed E-state index contributed by atoms with van der Waals surface area (Å²) in [5.74, 6) is -1.28. The third kappa shape index (κ3) is 4.54. The summed E-state index contributed by atoms with van der Waals surface area (Å²) in [6.45, 7) is -1.38. The van der Waals surface area contributed by atoms with Crippen LogP contribution in [0.5, 0.6) is 5.75 Å². The fourth-order valence-corrected chi connectivity index (χ4v) is 4.00. The van der Waals surface area contributed by atoms with Gasteiger partial charge < -0.3 is 20.3 Å². The Bertz CT molecular complexity index is 1120. The highest BCUT2D eigenvalue weighted by atomic mass is 19.3. The van der Waals surface area contributed by atoms with Gasteiger partial charge in [0, 0.05) is 24.3 Å². The van der Waals surface area contributed by atoms with Crippen LogP contribution in [0.1, 0.15) is 25.3 Å². The lowest BCUT2D eigenvalue weighted by atomic mass is 9.92. The molecule has 2 saturated heterocycles. The number of urea groups is 1. The van der Waals surface area contributed by atoms with Gasteiger partial charge in [0.1, 0.15) is 17.8 Å². The van der Waals surface area contributed by atoms with Crippen LogP contribution in [-0.4, -0.2) is 48.4 Å². The standard InChI is InChI=1S/C23H22F2N4O5/c1-23(14-4-10-17(11-5-14)34-21(24)25)20(32)29(22(33)27-23)13-18(30)26-15-6-8-16(9-7-15)28-12-2-3-19(28)31/h4-11,21H,2-3,12-13H2,1H3,(H,26,30)(H,27,33)/t23-/m1/s1. The Morgan fingerprint density at radius 1 is 1.12 bits per heavy atom. The van der Waals surface area contributed by atoms with E-state index in [4.69, 9.17) is 0 Å². The van der Waals surface area contributed by atoms with Crippen molar-refractivity contribution < 1.29 is 32.7 Å². The first kappa shape index (κ1) is 23.1. The van der Waals surface area contributed by atoms with Crippen LogP contribution in [0.3, 0.4) is 0 Å². The highest BCUT2D eigenvalue weighted by Gasteiger charge is 2.49. The summed E-state index contributed by atoms with van der Waals surface area (Å²) in [6.07, 6.45) is 1.31. The van der Waals surface area contributed by atoms with E-state index in [1.165, 1.54) is 31.2 Å². The number of imide groups is 1. The summed E-state index contributed by atoms with van der Waals surface area (Å²) in [6, 6.07) is 11.3. The lowest BCUT2D eigenvalue weighted by Gasteiger charge is -2.22. The highest BCUT2D eigenvalue weighted by Crippen LogP contribution is 2.30. The molecule has 4 rings (SSSR count). The molecule has 0 radical (unpaired) electrons. The van der Waals surface area contributed by atoms with Gasteiger partial charge in [0.05, 0.1) is 0 Å². The summed E-state index contributed by atoms with van der Waals surface area (Å²) < 4.78 is 29.0. The second kappa shape index (κ2) is 9.08. The van der Waals surface area contributed by atoms with E-state index in [2.05, 4.69) is 15.4 Å². The summed E-state index contributed by atoms with van der Waals surface area (Å²) in [5, 5.41) is 5.18. The second-order valence-corrected chi connectivity index (χ2v) is 8.09. The SMILES string of the molecule is C[C@]1(c2ccc(OC(F)F)cc2)NC(=O)N(CC(=O)Nc2ccc(N3CCCC3=O)cc2)C1=O. The number of halogens is 2. The number of nitrogens with zero attached hydrogens (tertiary/aromatic N) is 2. The molecule has 178 valence electrons. The van der Waals surface area contributed by atoms with E-state index in [1.807, 2.05) is 0 Å². The van der Waals surface area contributed by atoms with E-state index in [0.29, 0.717) is 24.2 Å². The maximum absolute atomic E-state index is 13.0. The molecule has 0 spiro atoms. The Morgan fingerprint density at radius 3 is 2.38 bits per heavy atom. The molecule has 2 N–H and O–H groups in total. The molecule has 0 bridgehead atoms. The molecule has 0 saturated carbocycles. The molecule has 0 unspecified atom stereocenters. The number of nitrogens with one attached hydrogen (secondary N) is 2. The van der Waals surface area contributed by atoms with Gasteiger partial charge in [-0.1, -0.05) is 12.1 Å². The smallest absolute Gasteiger partial charge is 0.387 e. The van der Waals surface area contributed by atoms with Crippen molar-refractivity contribution in [1.82, 2.24) is 10.2 Å². The number of hydrogen-bond acceptors (Lipinski definition) is 5. The van der Waals surface area contributed by atoms with Crippen molar-refractivity contribution >= 4 is 35.1 Å². The topological polar surface area (TPSA) is 108 Å². The number of rotatable bonds is 7. The van der Waals surface area contributed by atoms with Crippen LogP contribution in [-0.2, 0) is 19.9 Å². The van der Waals surface area contributed by atoms with Crippen LogP contribution in [0.25, 0.3) is 0 Å². The molecule has 1 atom stereocenters. The monoisotopic (exact) mass is 472 g/mol. The summed E-state index contributed by atoms with van der Waals surface area (Å²) in [4.78, 5) is 52.3. The molecule has 9 nitrogen and oxygen atoms in total. The van der Waals surface area contributed by atoms with E-state index in [0.717, 1.165) is 17.0 Å². The van der Waals surface area contributed by atoms with E-state index in [-0.39, 0.29) is 11.7 Å². The van der Waals surface area contributed by atoms with E-state index in [9.17, 15) is 28.0 Å². The molecule has 2 fully saturated rings. The molecular formula is C23H22F2N4O5. The molecule has 11 heteroatoms. The average molecular weight is 472 g/mol. The van der Waals surface area contributed by atoms with E-state index < -0.39 is 36.5 Å². The number of ether oxygens (including phenoxy) is 1. The van der Waals surface area contributed by atoms with Crippen LogP contribution in [0.2, 0.25) is 0 Å². The fourth-order valence-electron chi connectivity index (χ4n) is 4.00. The van der Waals surface area contributed by atoms with Gasteiger partial charge in [0.25, 0.3) is 5.91 Å². The van der Waals surface area contributed by atoms with Gasteiger partial charge in [0.15, 0.2) is 0 Å². The number of amides is 5. The molecule has 0 aromatic heterocycles. The van der Waals surface area contributed by atoms with Gasteiger partial charge in [-0.15, -0.1) is 0 Å². The molecule has 0 aliphatic carbocycles. The van der Waals surface area contributed by atoms with Crippen LogP contribution in [0.15, 0.2) is 48.5 Å². The molecule has 34 heavy (non-hydrogen) atoms. The Morgan fingerprint density at radius 2 is 1.79 bits per heavy atom. The third-order valence-corrected chi connectivity index (χ3v) is 5.77. The normalized spacial score (nSPS) is 20.2. The van der Waals surface area contributed by atoms with Gasteiger partial charge in [-0.2, -0.15) is 8.78 Å². The predicted octanol–water partition coefficient (Wildman–Crippen LogP) is 2.82. The van der Waals surface area contributed by atoms with Crippen molar-refractivity contribution in [2.24, 2.45) is 0 Å². The first-order valence-corrected chi connectivity index (χ1v) is 10.6. The first-order valence-electron chi connectivity index (χ1n) is 10.6. The molecular weight excluding hydrogens is 450 g/mol. The molecule has 2 aliphatic heterocycles. The quantitative estimate of drug-likeness (QED) is 0.603. The molecule has 2 aliphatic rings. The van der Waals surface area contributed by atoms with E-state index >= 15 is 0 Å². The summed E-state index contributed by atoms with van der Waals surface area (Å²) in [7, 11) is 0. The Balaban J connectivity index is 1.40. The fraction of sp³-hybridized carbons (Fsp3) is 0.304. The van der Waals surface area contributed by atoms with Gasteiger partial charge in [0.2, 0.25) is 11.8 Å². The van der Waals surface area contributed by atoms with E-state index in [1.54, 1.807) is 29.2 Å². The maximum Gasteiger partial charge on any atom is 0.387 e. The summed E-state index contributed by atoms with van der Waals surface area (Å²) in [5.41, 5.74) is 0.0626. The number of carbonyl (C=O) groups is 4. The van der Waals surface area contributed by atoms with Crippen molar-refractivity contribution in [3.63, 3.8) is 0 Å². The maximum atomic E-state index is 13.0. The minimum absolute atomic E-state index is 0.0505. The van der Waals surface area contributed by atoms with Gasteiger partial charge in [-0.05, 0) is 55.3 Å². The van der Waals surface area contributed by atoms with Gasteiger partial charge >= 0.3 is 12.6 Å². The minimum atomic E-state index is -2.98. The van der Waals surface area contributed by atoms with Crippen LogP contribution < -0.4 is 20.3 Å². The van der Waals surface area contributed by atoms with Crippen LogP contribution in [0.4, 0.5) is 25.0 Å². The predicted molar refractivity (Wildman–Crippen MR) is 117 cm³/mol. The number of alkyl halides is 2. The van der Waals surface area contributed by atoms with Crippen LogP contribution >= 0.6 is 0 Å². The Labute approximate surface area is 193 Å². The number of hydrogen-bond donors (Lipinski definition) is 2. The van der Waals surface area contributed by atoms with Crippen molar-refractivity contribution in [1.29, 1.82) is 0 Å². The lowest BCUT2D eigenvalue weighted by Crippen LogP contribution is -2.42. The minimum Gasteiger partial charge on any atom is -0.435 e. The number of anilines is 2. The van der Waals surface area contributed by atoms with Crippen molar-refractivity contribution in [3.05, 3.63) is 54.1 Å². The molecule has 2 aromatic rings. The van der Waals surface area contributed by atoms with Crippen molar-refractivity contribution in [3.8, 4) is 5.75 Å². The number of benzene rings is 2. The largest absolute Gasteiger partial charge is 0.435 e. The zero-order valence-corrected chi connectivity index (χ0v) is 18.2. The third-order valence-electron chi connectivity index (χ3n) is 5.77. The Hall–Kier alpha value is -4.02. The van der Waals surface area contributed by atoms with Gasteiger partial charge in [-0.3, -0.25) is 19.3 Å². The van der Waals surface area contributed by atoms with Gasteiger partial charge in [-0.25, -0.2) is 4.79 Å². The lowest BCUT2D eigenvalue weighted by molar-refractivity contribution is -0.133. The zero-order valence-electron chi connectivity index (χ0n) is 18.2. The van der Waals surface area contributed by atoms with Crippen molar-refractivity contribution in [2.45, 2.75) is 31.9 Å².